The fourth-order valence-corrected chi connectivity index (χ4v) is 1.77. The van der Waals surface area contributed by atoms with Gasteiger partial charge in [0.15, 0.2) is 0 Å². The van der Waals surface area contributed by atoms with Crippen LogP contribution in [-0.4, -0.2) is 29.0 Å². The first-order valence-electron chi connectivity index (χ1n) is 6.17. The van der Waals surface area contributed by atoms with Gasteiger partial charge in [-0.15, -0.1) is 6.58 Å². The molecular weight excluding hydrogens is 226 g/mol. The number of benzene rings is 1. The molecule has 0 heterocycles. The van der Waals surface area contributed by atoms with Crippen LogP contribution in [0.4, 0.5) is 0 Å². The van der Waals surface area contributed by atoms with Crippen molar-refractivity contribution in [1.29, 1.82) is 0 Å². The van der Waals surface area contributed by atoms with E-state index >= 15 is 0 Å². The Hall–Kier alpha value is -1.61. The van der Waals surface area contributed by atoms with Crippen molar-refractivity contribution in [3.63, 3.8) is 0 Å². The molecule has 1 rings (SSSR count). The smallest absolute Gasteiger partial charge is 0.222 e. The zero-order chi connectivity index (χ0) is 13.5. The van der Waals surface area contributed by atoms with Gasteiger partial charge in [0.1, 0.15) is 0 Å². The highest BCUT2D eigenvalue weighted by Crippen LogP contribution is 2.20. The molecule has 0 spiro atoms. The molecule has 0 radical (unpaired) electrons. The number of aliphatic hydroxyl groups excluding tert-OH is 1. The van der Waals surface area contributed by atoms with Crippen LogP contribution in [-0.2, 0) is 4.79 Å². The van der Waals surface area contributed by atoms with Gasteiger partial charge in [-0.1, -0.05) is 36.4 Å². The lowest BCUT2D eigenvalue weighted by atomic mass is 10.0. The van der Waals surface area contributed by atoms with E-state index in [-0.39, 0.29) is 11.9 Å². The van der Waals surface area contributed by atoms with E-state index in [1.165, 1.54) is 0 Å². The van der Waals surface area contributed by atoms with Crippen molar-refractivity contribution in [3.05, 3.63) is 48.6 Å². The maximum absolute atomic E-state index is 11.8. The summed E-state index contributed by atoms with van der Waals surface area (Å²) >= 11 is 0. The Kier molecular flexibility index (Phi) is 5.59. The number of carbonyl (C=O) groups is 1. The van der Waals surface area contributed by atoms with Gasteiger partial charge in [-0.25, -0.2) is 0 Å². The summed E-state index contributed by atoms with van der Waals surface area (Å²) in [5.41, 5.74) is 0.827. The van der Waals surface area contributed by atoms with Crippen molar-refractivity contribution in [1.82, 2.24) is 4.90 Å². The minimum absolute atomic E-state index is 0.0254. The van der Waals surface area contributed by atoms with E-state index in [2.05, 4.69) is 6.58 Å². The second-order valence-corrected chi connectivity index (χ2v) is 4.43. The normalized spacial score (nSPS) is 13.7. The molecule has 0 aliphatic carbocycles. The maximum atomic E-state index is 11.8. The molecule has 2 atom stereocenters. The predicted octanol–water partition coefficient (Wildman–Crippen LogP) is 2.53. The van der Waals surface area contributed by atoms with Gasteiger partial charge < -0.3 is 10.0 Å². The van der Waals surface area contributed by atoms with Crippen LogP contribution in [0.2, 0.25) is 0 Å². The molecule has 1 aromatic carbocycles. The van der Waals surface area contributed by atoms with Gasteiger partial charge in [0.05, 0.1) is 12.1 Å². The first kappa shape index (κ1) is 14.5. The van der Waals surface area contributed by atoms with E-state index in [4.69, 9.17) is 0 Å². The van der Waals surface area contributed by atoms with Crippen LogP contribution in [0.3, 0.4) is 0 Å². The molecule has 0 bridgehead atoms. The van der Waals surface area contributed by atoms with Crippen LogP contribution in [0.25, 0.3) is 0 Å². The molecule has 0 saturated carbocycles. The number of amides is 1. The quantitative estimate of drug-likeness (QED) is 0.785. The molecule has 3 heteroatoms. The standard InChI is InChI=1S/C15H21NO2/c1-4-5-11-14(17)16(3)12(2)15(18)13-9-7-6-8-10-13/h4,6-10,12,15,18H,1,5,11H2,2-3H3/t12-,15+/m1/s1. The Labute approximate surface area is 109 Å². The van der Waals surface area contributed by atoms with Crippen LogP contribution >= 0.6 is 0 Å². The van der Waals surface area contributed by atoms with E-state index in [0.29, 0.717) is 12.8 Å². The molecule has 0 aliphatic heterocycles. The number of rotatable bonds is 6. The van der Waals surface area contributed by atoms with Crippen molar-refractivity contribution >= 4 is 5.91 Å². The highest BCUT2D eigenvalue weighted by molar-refractivity contribution is 5.76. The first-order chi connectivity index (χ1) is 8.57. The third-order valence-corrected chi connectivity index (χ3v) is 3.16. The Morgan fingerprint density at radius 1 is 1.44 bits per heavy atom. The van der Waals surface area contributed by atoms with Crippen molar-refractivity contribution < 1.29 is 9.90 Å². The average molecular weight is 247 g/mol. The van der Waals surface area contributed by atoms with Gasteiger partial charge in [0.25, 0.3) is 0 Å². The van der Waals surface area contributed by atoms with Crippen LogP contribution in [0.5, 0.6) is 0 Å². The van der Waals surface area contributed by atoms with Crippen molar-refractivity contribution in [2.45, 2.75) is 31.9 Å². The van der Waals surface area contributed by atoms with E-state index in [1.54, 1.807) is 18.0 Å². The van der Waals surface area contributed by atoms with Gasteiger partial charge in [-0.05, 0) is 18.9 Å². The van der Waals surface area contributed by atoms with Crippen LogP contribution < -0.4 is 0 Å². The predicted molar refractivity (Wildman–Crippen MR) is 73.1 cm³/mol. The summed E-state index contributed by atoms with van der Waals surface area (Å²) in [4.78, 5) is 13.4. The summed E-state index contributed by atoms with van der Waals surface area (Å²) in [6, 6.07) is 9.15. The fraction of sp³-hybridized carbons (Fsp3) is 0.400. The molecule has 0 saturated heterocycles. The molecule has 0 aliphatic rings. The van der Waals surface area contributed by atoms with Gasteiger partial charge in [-0.2, -0.15) is 0 Å². The summed E-state index contributed by atoms with van der Waals surface area (Å²) in [5.74, 6) is 0.0254. The zero-order valence-electron chi connectivity index (χ0n) is 11.0. The maximum Gasteiger partial charge on any atom is 0.222 e. The molecule has 3 nitrogen and oxygen atoms in total. The Bertz CT molecular complexity index is 389. The Morgan fingerprint density at radius 2 is 2.06 bits per heavy atom. The molecule has 1 amide bonds. The lowest BCUT2D eigenvalue weighted by Crippen LogP contribution is -2.38. The van der Waals surface area contributed by atoms with Crippen molar-refractivity contribution in [2.75, 3.05) is 7.05 Å². The number of aliphatic hydroxyl groups is 1. The largest absolute Gasteiger partial charge is 0.386 e. The summed E-state index contributed by atoms with van der Waals surface area (Å²) in [5, 5.41) is 10.2. The molecule has 0 aromatic heterocycles. The number of allylic oxidation sites excluding steroid dienone is 1. The van der Waals surface area contributed by atoms with Gasteiger partial charge in [0.2, 0.25) is 5.91 Å². The number of likely N-dealkylation sites (N-methyl/N-ethyl adjacent to an activating group) is 1. The molecule has 1 N–H and O–H groups in total. The number of hydrogen-bond acceptors (Lipinski definition) is 2. The summed E-state index contributed by atoms with van der Waals surface area (Å²) < 4.78 is 0. The van der Waals surface area contributed by atoms with Crippen LogP contribution in [0.1, 0.15) is 31.4 Å². The summed E-state index contributed by atoms with van der Waals surface area (Å²) in [6.07, 6.45) is 2.16. The van der Waals surface area contributed by atoms with Crippen LogP contribution in [0.15, 0.2) is 43.0 Å². The molecule has 0 unspecified atom stereocenters. The van der Waals surface area contributed by atoms with Crippen molar-refractivity contribution in [3.8, 4) is 0 Å². The number of nitrogens with zero attached hydrogens (tertiary/aromatic N) is 1. The van der Waals surface area contributed by atoms with Gasteiger partial charge in [-0.3, -0.25) is 4.79 Å². The zero-order valence-corrected chi connectivity index (χ0v) is 11.0. The van der Waals surface area contributed by atoms with Crippen LogP contribution in [0, 0.1) is 0 Å². The summed E-state index contributed by atoms with van der Waals surface area (Å²) in [7, 11) is 1.72. The fourth-order valence-electron chi connectivity index (χ4n) is 1.77. The lowest BCUT2D eigenvalue weighted by molar-refractivity contribution is -0.133. The Morgan fingerprint density at radius 3 is 2.61 bits per heavy atom. The third-order valence-electron chi connectivity index (χ3n) is 3.16. The van der Waals surface area contributed by atoms with Crippen molar-refractivity contribution in [2.24, 2.45) is 0 Å². The SMILES string of the molecule is C=CCCC(=O)N(C)[C@H](C)[C@H](O)c1ccccc1. The first-order valence-corrected chi connectivity index (χ1v) is 6.17. The highest BCUT2D eigenvalue weighted by atomic mass is 16.3. The molecule has 1 aromatic rings. The molecule has 0 fully saturated rings. The van der Waals surface area contributed by atoms with E-state index < -0.39 is 6.10 Å². The average Bonchev–Trinajstić information content (AvgIpc) is 2.43. The van der Waals surface area contributed by atoms with Gasteiger partial charge >= 0.3 is 0 Å². The minimum Gasteiger partial charge on any atom is -0.386 e. The lowest BCUT2D eigenvalue weighted by Gasteiger charge is -2.29. The molecule has 18 heavy (non-hydrogen) atoms. The van der Waals surface area contributed by atoms with Gasteiger partial charge in [0, 0.05) is 13.5 Å². The molecular formula is C15H21NO2. The number of carbonyl (C=O) groups excluding carboxylic acids is 1. The third kappa shape index (κ3) is 3.70. The number of hydrogen-bond donors (Lipinski definition) is 1. The van der Waals surface area contributed by atoms with E-state index in [9.17, 15) is 9.90 Å². The second kappa shape index (κ2) is 6.97. The second-order valence-electron chi connectivity index (χ2n) is 4.43. The monoisotopic (exact) mass is 247 g/mol. The van der Waals surface area contributed by atoms with E-state index in [0.717, 1.165) is 5.56 Å². The topological polar surface area (TPSA) is 40.5 Å². The minimum atomic E-state index is -0.663. The summed E-state index contributed by atoms with van der Waals surface area (Å²) in [6.45, 7) is 5.45. The Balaban J connectivity index is 2.65. The van der Waals surface area contributed by atoms with E-state index in [1.807, 2.05) is 37.3 Å². The molecule has 98 valence electrons. The highest BCUT2D eigenvalue weighted by Gasteiger charge is 2.23.